The summed E-state index contributed by atoms with van der Waals surface area (Å²) in [5.74, 6) is 0. The van der Waals surface area contributed by atoms with E-state index in [9.17, 15) is 15.2 Å². The number of aromatic nitrogens is 3. The number of hydrogen-bond acceptors (Lipinski definition) is 5. The van der Waals surface area contributed by atoms with Crippen LogP contribution >= 0.6 is 15.9 Å². The largest absolute Gasteiger partial charge is 0.384 e. The van der Waals surface area contributed by atoms with Crippen LogP contribution in [0.25, 0.3) is 0 Å². The molecule has 0 atom stereocenters. The zero-order valence-corrected chi connectivity index (χ0v) is 12.5. The second-order valence-electron chi connectivity index (χ2n) is 4.87. The molecule has 2 rings (SSSR count). The van der Waals surface area contributed by atoms with Crippen molar-refractivity contribution in [3.8, 4) is 0 Å². The van der Waals surface area contributed by atoms with E-state index in [1.165, 1.54) is 10.7 Å². The van der Waals surface area contributed by atoms with Gasteiger partial charge in [-0.1, -0.05) is 17.3 Å². The normalized spacial score (nSPS) is 11.6. The Morgan fingerprint density at radius 3 is 2.75 bits per heavy atom. The van der Waals surface area contributed by atoms with Gasteiger partial charge >= 0.3 is 0 Å². The Balaban J connectivity index is 2.29. The molecule has 20 heavy (non-hydrogen) atoms. The molecule has 7 nitrogen and oxygen atoms in total. The van der Waals surface area contributed by atoms with Crippen LogP contribution in [-0.2, 0) is 12.1 Å². The lowest BCUT2D eigenvalue weighted by Gasteiger charge is -2.11. The highest BCUT2D eigenvalue weighted by Gasteiger charge is 2.21. The van der Waals surface area contributed by atoms with Crippen molar-refractivity contribution in [3.05, 3.63) is 50.2 Å². The molecule has 0 aliphatic heterocycles. The Labute approximate surface area is 123 Å². The van der Waals surface area contributed by atoms with Crippen molar-refractivity contribution in [2.45, 2.75) is 26.0 Å². The molecule has 0 saturated carbocycles. The zero-order valence-electron chi connectivity index (χ0n) is 10.9. The molecule has 0 bridgehead atoms. The molecule has 0 saturated heterocycles. The van der Waals surface area contributed by atoms with Gasteiger partial charge in [0.15, 0.2) is 0 Å². The Bertz CT molecular complexity index is 648. The van der Waals surface area contributed by atoms with Gasteiger partial charge in [-0.3, -0.25) is 10.1 Å². The lowest BCUT2D eigenvalue weighted by molar-refractivity contribution is -0.385. The van der Waals surface area contributed by atoms with Gasteiger partial charge in [-0.15, -0.1) is 5.10 Å². The van der Waals surface area contributed by atoms with Gasteiger partial charge in [-0.05, 0) is 35.3 Å². The third-order valence-corrected chi connectivity index (χ3v) is 3.67. The summed E-state index contributed by atoms with van der Waals surface area (Å²) in [6.07, 6.45) is 1.62. The third kappa shape index (κ3) is 3.02. The van der Waals surface area contributed by atoms with E-state index in [1.54, 1.807) is 32.2 Å². The van der Waals surface area contributed by atoms with Crippen molar-refractivity contribution >= 4 is 21.6 Å². The molecular formula is C12H13BrN4O3. The zero-order chi connectivity index (χ0) is 14.9. The first-order chi connectivity index (χ1) is 9.29. The summed E-state index contributed by atoms with van der Waals surface area (Å²) >= 11 is 3.23. The summed E-state index contributed by atoms with van der Waals surface area (Å²) in [5, 5.41) is 28.5. The molecule has 0 radical (unpaired) electrons. The van der Waals surface area contributed by atoms with Crippen molar-refractivity contribution in [1.29, 1.82) is 0 Å². The first-order valence-corrected chi connectivity index (χ1v) is 6.63. The fraction of sp³-hybridized carbons (Fsp3) is 0.333. The minimum atomic E-state index is -1.07. The molecule has 0 fully saturated rings. The number of benzene rings is 1. The molecule has 1 aromatic carbocycles. The Morgan fingerprint density at radius 1 is 1.50 bits per heavy atom. The van der Waals surface area contributed by atoms with E-state index in [1.807, 2.05) is 0 Å². The average Bonchev–Trinajstić information content (AvgIpc) is 2.80. The summed E-state index contributed by atoms with van der Waals surface area (Å²) in [6, 6.07) is 4.81. The van der Waals surface area contributed by atoms with Gasteiger partial charge in [-0.2, -0.15) is 0 Å². The van der Waals surface area contributed by atoms with Gasteiger partial charge in [-0.25, -0.2) is 4.68 Å². The van der Waals surface area contributed by atoms with Crippen molar-refractivity contribution in [1.82, 2.24) is 15.0 Å². The summed E-state index contributed by atoms with van der Waals surface area (Å²) in [6.45, 7) is 3.56. The quantitative estimate of drug-likeness (QED) is 0.680. The number of rotatable bonds is 4. The van der Waals surface area contributed by atoms with Crippen LogP contribution in [0.1, 0.15) is 25.1 Å². The van der Waals surface area contributed by atoms with E-state index in [-0.39, 0.29) is 5.69 Å². The van der Waals surface area contributed by atoms with Crippen LogP contribution in [0.5, 0.6) is 0 Å². The smallest absolute Gasteiger partial charge is 0.283 e. The van der Waals surface area contributed by atoms with Gasteiger partial charge in [0.1, 0.15) is 15.8 Å². The average molecular weight is 341 g/mol. The monoisotopic (exact) mass is 340 g/mol. The maximum Gasteiger partial charge on any atom is 0.283 e. The van der Waals surface area contributed by atoms with E-state index in [4.69, 9.17) is 0 Å². The minimum Gasteiger partial charge on any atom is -0.384 e. The van der Waals surface area contributed by atoms with Crippen LogP contribution in [0.15, 0.2) is 28.9 Å². The summed E-state index contributed by atoms with van der Waals surface area (Å²) in [7, 11) is 0. The number of nitro groups is 1. The molecule has 0 aliphatic carbocycles. The fourth-order valence-electron chi connectivity index (χ4n) is 1.66. The Hall–Kier alpha value is -1.80. The van der Waals surface area contributed by atoms with E-state index >= 15 is 0 Å². The number of hydrogen-bond donors (Lipinski definition) is 1. The summed E-state index contributed by atoms with van der Waals surface area (Å²) in [4.78, 5) is 10.4. The Kier molecular flexibility index (Phi) is 3.87. The number of halogens is 1. The van der Waals surface area contributed by atoms with E-state index in [0.29, 0.717) is 22.3 Å². The van der Waals surface area contributed by atoms with Crippen LogP contribution in [0, 0.1) is 10.1 Å². The van der Waals surface area contributed by atoms with E-state index in [2.05, 4.69) is 26.2 Å². The highest BCUT2D eigenvalue weighted by Crippen LogP contribution is 2.28. The van der Waals surface area contributed by atoms with Crippen molar-refractivity contribution < 1.29 is 10.0 Å². The predicted octanol–water partition coefficient (Wildman–Crippen LogP) is 2.22. The molecule has 106 valence electrons. The third-order valence-electron chi connectivity index (χ3n) is 2.75. The summed E-state index contributed by atoms with van der Waals surface area (Å²) in [5.41, 5.74) is 0.0915. The molecule has 1 N–H and O–H groups in total. The molecule has 0 aliphatic rings. The highest BCUT2D eigenvalue weighted by molar-refractivity contribution is 9.10. The van der Waals surface area contributed by atoms with Crippen molar-refractivity contribution in [2.24, 2.45) is 0 Å². The van der Waals surface area contributed by atoms with Gasteiger partial charge in [0, 0.05) is 6.07 Å². The van der Waals surface area contributed by atoms with Gasteiger partial charge in [0.25, 0.3) is 5.69 Å². The topological polar surface area (TPSA) is 94.1 Å². The number of nitrogens with zero attached hydrogens (tertiary/aromatic N) is 4. The molecule has 0 spiro atoms. The SMILES string of the molecule is CC(C)(O)c1cn(Cc2cccc([N+](=O)[O-])c2Br)nn1. The fourth-order valence-corrected chi connectivity index (χ4v) is 2.19. The standard InChI is InChI=1S/C12H13BrN4O3/c1-12(2,18)10-7-16(15-14-10)6-8-4-3-5-9(11(8)13)17(19)20/h3-5,7,18H,6H2,1-2H3. The maximum atomic E-state index is 10.9. The molecule has 2 aromatic rings. The maximum absolute atomic E-state index is 10.9. The van der Waals surface area contributed by atoms with Crippen molar-refractivity contribution in [3.63, 3.8) is 0 Å². The second kappa shape index (κ2) is 5.29. The molecule has 1 aromatic heterocycles. The van der Waals surface area contributed by atoms with Crippen LogP contribution in [-0.4, -0.2) is 25.0 Å². The van der Waals surface area contributed by atoms with Crippen LogP contribution in [0.4, 0.5) is 5.69 Å². The number of nitro benzene ring substituents is 1. The van der Waals surface area contributed by atoms with Crippen LogP contribution in [0.2, 0.25) is 0 Å². The van der Waals surface area contributed by atoms with Gasteiger partial charge in [0.05, 0.1) is 17.7 Å². The van der Waals surface area contributed by atoms with E-state index in [0.717, 1.165) is 0 Å². The lowest BCUT2D eigenvalue weighted by Crippen LogP contribution is -2.15. The van der Waals surface area contributed by atoms with Gasteiger partial charge < -0.3 is 5.11 Å². The predicted molar refractivity (Wildman–Crippen MR) is 75.2 cm³/mol. The lowest BCUT2D eigenvalue weighted by atomic mass is 10.1. The first-order valence-electron chi connectivity index (χ1n) is 5.84. The molecule has 1 heterocycles. The molecule has 0 unspecified atom stereocenters. The highest BCUT2D eigenvalue weighted by atomic mass is 79.9. The number of aliphatic hydroxyl groups is 1. The molecule has 0 amide bonds. The van der Waals surface area contributed by atoms with Crippen LogP contribution < -0.4 is 0 Å². The second-order valence-corrected chi connectivity index (χ2v) is 5.66. The van der Waals surface area contributed by atoms with Crippen LogP contribution in [0.3, 0.4) is 0 Å². The van der Waals surface area contributed by atoms with E-state index < -0.39 is 10.5 Å². The molecular weight excluding hydrogens is 328 g/mol. The Morgan fingerprint density at radius 2 is 2.20 bits per heavy atom. The van der Waals surface area contributed by atoms with Gasteiger partial charge in [0.2, 0.25) is 0 Å². The minimum absolute atomic E-state index is 0.00493. The summed E-state index contributed by atoms with van der Waals surface area (Å²) < 4.78 is 1.95. The molecule has 8 heteroatoms. The first kappa shape index (κ1) is 14.6. The van der Waals surface area contributed by atoms with Crippen molar-refractivity contribution in [2.75, 3.05) is 0 Å².